The van der Waals surface area contributed by atoms with E-state index in [-0.39, 0.29) is 17.2 Å². The van der Waals surface area contributed by atoms with Crippen LogP contribution in [-0.2, 0) is 4.74 Å². The van der Waals surface area contributed by atoms with Crippen LogP contribution in [0.3, 0.4) is 0 Å². The number of piperazine rings is 1. The number of hydrogen-bond acceptors (Lipinski definition) is 7. The first-order valence-electron chi connectivity index (χ1n) is 10.5. The topological polar surface area (TPSA) is 91.2 Å². The molecule has 2 aromatic carbocycles. The Morgan fingerprint density at radius 1 is 0.968 bits per heavy atom. The summed E-state index contributed by atoms with van der Waals surface area (Å²) in [6.45, 7) is 6.24. The number of nitro benzene ring substituents is 1. The second-order valence-corrected chi connectivity index (χ2v) is 7.85. The van der Waals surface area contributed by atoms with Crippen LogP contribution in [0.1, 0.15) is 10.4 Å². The molecule has 0 unspecified atom stereocenters. The quantitative estimate of drug-likeness (QED) is 0.581. The average Bonchev–Trinajstić information content (AvgIpc) is 2.80. The van der Waals surface area contributed by atoms with Crippen molar-refractivity contribution in [1.29, 1.82) is 0 Å². The molecule has 2 fully saturated rings. The molecule has 1 N–H and O–H groups in total. The maximum atomic E-state index is 12.7. The number of carbonyl (C=O) groups excluding carboxylic acids is 1. The maximum Gasteiger partial charge on any atom is 0.293 e. The molecule has 4 rings (SSSR count). The molecule has 0 atom stereocenters. The van der Waals surface area contributed by atoms with E-state index in [1.807, 2.05) is 29.2 Å². The zero-order valence-electron chi connectivity index (χ0n) is 17.6. The molecule has 9 heteroatoms. The molecule has 0 aliphatic carbocycles. The summed E-state index contributed by atoms with van der Waals surface area (Å²) in [5.41, 5.74) is 2.48. The van der Waals surface area contributed by atoms with Gasteiger partial charge in [0.2, 0.25) is 0 Å². The van der Waals surface area contributed by atoms with E-state index in [2.05, 4.69) is 22.2 Å². The Labute approximate surface area is 181 Å². The number of anilines is 3. The van der Waals surface area contributed by atoms with Crippen molar-refractivity contribution in [1.82, 2.24) is 4.90 Å². The Bertz CT molecular complexity index is 935. The number of carbonyl (C=O) groups is 1. The Kier molecular flexibility index (Phi) is 6.34. The summed E-state index contributed by atoms with van der Waals surface area (Å²) in [4.78, 5) is 30.4. The van der Waals surface area contributed by atoms with Crippen LogP contribution in [-0.4, -0.2) is 75.3 Å². The molecule has 2 saturated heterocycles. The highest BCUT2D eigenvalue weighted by Gasteiger charge is 2.23. The van der Waals surface area contributed by atoms with Crippen molar-refractivity contribution in [2.24, 2.45) is 0 Å². The Hall–Kier alpha value is -3.17. The van der Waals surface area contributed by atoms with Gasteiger partial charge in [-0.2, -0.15) is 0 Å². The molecule has 9 nitrogen and oxygen atoms in total. The highest BCUT2D eigenvalue weighted by Crippen LogP contribution is 2.30. The molecular formula is C22H27N5O4. The highest BCUT2D eigenvalue weighted by molar-refractivity contribution is 6.05. The van der Waals surface area contributed by atoms with Crippen molar-refractivity contribution in [3.05, 3.63) is 58.1 Å². The molecule has 2 aromatic rings. The number of morpholine rings is 1. The lowest BCUT2D eigenvalue weighted by atomic mass is 10.1. The number of benzene rings is 2. The molecule has 0 saturated carbocycles. The predicted molar refractivity (Wildman–Crippen MR) is 120 cm³/mol. The fraction of sp³-hybridized carbons (Fsp3) is 0.409. The van der Waals surface area contributed by atoms with Crippen molar-refractivity contribution >= 4 is 28.7 Å². The van der Waals surface area contributed by atoms with Gasteiger partial charge in [-0.25, -0.2) is 0 Å². The van der Waals surface area contributed by atoms with Gasteiger partial charge in [0, 0.05) is 62.3 Å². The fourth-order valence-electron chi connectivity index (χ4n) is 3.91. The maximum absolute atomic E-state index is 12.7. The monoisotopic (exact) mass is 425 g/mol. The zero-order valence-corrected chi connectivity index (χ0v) is 17.6. The molecule has 2 heterocycles. The number of nitrogens with one attached hydrogen (secondary N) is 1. The molecular weight excluding hydrogens is 398 g/mol. The van der Waals surface area contributed by atoms with Gasteiger partial charge in [0.1, 0.15) is 5.69 Å². The molecule has 2 aliphatic heterocycles. The van der Waals surface area contributed by atoms with E-state index < -0.39 is 4.92 Å². The van der Waals surface area contributed by atoms with Gasteiger partial charge >= 0.3 is 0 Å². The van der Waals surface area contributed by atoms with Crippen molar-refractivity contribution < 1.29 is 14.5 Å². The Balaban J connectivity index is 1.45. The van der Waals surface area contributed by atoms with E-state index in [1.165, 1.54) is 6.07 Å². The van der Waals surface area contributed by atoms with Crippen LogP contribution < -0.4 is 15.1 Å². The van der Waals surface area contributed by atoms with Crippen molar-refractivity contribution in [2.45, 2.75) is 0 Å². The first-order chi connectivity index (χ1) is 15.0. The first-order valence-corrected chi connectivity index (χ1v) is 10.5. The number of ether oxygens (including phenoxy) is 1. The lowest BCUT2D eigenvalue weighted by molar-refractivity contribution is -0.384. The Morgan fingerprint density at radius 3 is 2.29 bits per heavy atom. The van der Waals surface area contributed by atoms with Crippen molar-refractivity contribution in [2.75, 3.05) is 74.6 Å². The molecule has 0 spiro atoms. The van der Waals surface area contributed by atoms with E-state index in [9.17, 15) is 14.9 Å². The van der Waals surface area contributed by atoms with E-state index in [1.54, 1.807) is 12.1 Å². The number of nitro groups is 1. The SMILES string of the molecule is CN1CCN(c2ccc(NC(=O)c3ccc(N4CCOCC4)c([N+](=O)[O-])c3)cc2)CC1. The van der Waals surface area contributed by atoms with E-state index >= 15 is 0 Å². The molecule has 2 aliphatic rings. The highest BCUT2D eigenvalue weighted by atomic mass is 16.6. The van der Waals surface area contributed by atoms with Crippen LogP contribution in [0, 0.1) is 10.1 Å². The molecule has 31 heavy (non-hydrogen) atoms. The van der Waals surface area contributed by atoms with Gasteiger partial charge in [-0.1, -0.05) is 0 Å². The van der Waals surface area contributed by atoms with Gasteiger partial charge in [-0.05, 0) is 43.4 Å². The largest absolute Gasteiger partial charge is 0.378 e. The first kappa shape index (κ1) is 21.1. The van der Waals surface area contributed by atoms with E-state index in [0.717, 1.165) is 31.9 Å². The molecule has 1 amide bonds. The van der Waals surface area contributed by atoms with E-state index in [0.29, 0.717) is 37.7 Å². The van der Waals surface area contributed by atoms with E-state index in [4.69, 9.17) is 4.74 Å². The lowest BCUT2D eigenvalue weighted by Gasteiger charge is -2.34. The smallest absolute Gasteiger partial charge is 0.293 e. The summed E-state index contributed by atoms with van der Waals surface area (Å²) >= 11 is 0. The van der Waals surface area contributed by atoms with Crippen LogP contribution in [0.2, 0.25) is 0 Å². The summed E-state index contributed by atoms with van der Waals surface area (Å²) in [5, 5.41) is 14.5. The summed E-state index contributed by atoms with van der Waals surface area (Å²) in [7, 11) is 2.12. The second kappa shape index (κ2) is 9.32. The lowest BCUT2D eigenvalue weighted by Crippen LogP contribution is -2.44. The van der Waals surface area contributed by atoms with Crippen LogP contribution in [0.15, 0.2) is 42.5 Å². The number of hydrogen-bond donors (Lipinski definition) is 1. The van der Waals surface area contributed by atoms with Gasteiger partial charge in [0.15, 0.2) is 0 Å². The van der Waals surface area contributed by atoms with Crippen LogP contribution in [0.25, 0.3) is 0 Å². The summed E-state index contributed by atoms with van der Waals surface area (Å²) in [6.07, 6.45) is 0. The van der Waals surface area contributed by atoms with Crippen LogP contribution >= 0.6 is 0 Å². The minimum absolute atomic E-state index is 0.0695. The summed E-state index contributed by atoms with van der Waals surface area (Å²) in [5.74, 6) is -0.371. The summed E-state index contributed by atoms with van der Waals surface area (Å²) in [6, 6.07) is 12.3. The van der Waals surface area contributed by atoms with Crippen LogP contribution in [0.4, 0.5) is 22.7 Å². The fourth-order valence-corrected chi connectivity index (χ4v) is 3.91. The van der Waals surface area contributed by atoms with Crippen molar-refractivity contribution in [3.8, 4) is 0 Å². The number of amides is 1. The normalized spacial score (nSPS) is 17.5. The standard InChI is InChI=1S/C22H27N5O4/c1-24-8-10-25(11-9-24)19-5-3-18(4-6-19)23-22(28)17-2-7-20(21(16-17)27(29)30)26-12-14-31-15-13-26/h2-7,16H,8-15H2,1H3,(H,23,28). The zero-order chi connectivity index (χ0) is 21.8. The minimum atomic E-state index is -0.438. The second-order valence-electron chi connectivity index (χ2n) is 7.85. The number of rotatable bonds is 5. The summed E-state index contributed by atoms with van der Waals surface area (Å²) < 4.78 is 5.32. The molecule has 0 radical (unpaired) electrons. The molecule has 0 bridgehead atoms. The minimum Gasteiger partial charge on any atom is -0.378 e. The van der Waals surface area contributed by atoms with Gasteiger partial charge in [0.25, 0.3) is 11.6 Å². The van der Waals surface area contributed by atoms with Gasteiger partial charge in [0.05, 0.1) is 18.1 Å². The van der Waals surface area contributed by atoms with Crippen molar-refractivity contribution in [3.63, 3.8) is 0 Å². The van der Waals surface area contributed by atoms with Gasteiger partial charge in [-0.3, -0.25) is 14.9 Å². The van der Waals surface area contributed by atoms with Gasteiger partial charge < -0.3 is 24.8 Å². The predicted octanol–water partition coefficient (Wildman–Crippen LogP) is 2.44. The number of likely N-dealkylation sites (N-methyl/N-ethyl adjacent to an activating group) is 1. The molecule has 164 valence electrons. The third-order valence-electron chi connectivity index (χ3n) is 5.78. The van der Waals surface area contributed by atoms with Crippen LogP contribution in [0.5, 0.6) is 0 Å². The van der Waals surface area contributed by atoms with Gasteiger partial charge in [-0.15, -0.1) is 0 Å². The third kappa shape index (κ3) is 4.95. The number of nitrogens with zero attached hydrogens (tertiary/aromatic N) is 4. The third-order valence-corrected chi connectivity index (χ3v) is 5.78. The Morgan fingerprint density at radius 2 is 1.65 bits per heavy atom. The average molecular weight is 425 g/mol. The molecule has 0 aromatic heterocycles.